The van der Waals surface area contributed by atoms with Crippen molar-refractivity contribution in [1.29, 1.82) is 0 Å². The molecule has 0 bridgehead atoms. The highest BCUT2D eigenvalue weighted by Gasteiger charge is 2.38. The van der Waals surface area contributed by atoms with Crippen molar-refractivity contribution >= 4 is 34.1 Å². The largest absolute Gasteiger partial charge is 0.468 e. The van der Waals surface area contributed by atoms with Crippen molar-refractivity contribution in [2.24, 2.45) is 10.9 Å². The zero-order valence-electron chi connectivity index (χ0n) is 11.6. The molecule has 1 aromatic rings. The number of carbonyl (C=O) groups excluding carboxylic acids is 2. The van der Waals surface area contributed by atoms with Gasteiger partial charge in [0.25, 0.3) is 0 Å². The second kappa shape index (κ2) is 6.67. The van der Waals surface area contributed by atoms with Crippen molar-refractivity contribution in [2.75, 3.05) is 14.2 Å². The van der Waals surface area contributed by atoms with Crippen molar-refractivity contribution in [2.45, 2.75) is 5.92 Å². The molecule has 1 aliphatic rings. The summed E-state index contributed by atoms with van der Waals surface area (Å²) in [5.74, 6) is -2.14. The van der Waals surface area contributed by atoms with E-state index in [1.165, 1.54) is 26.6 Å². The van der Waals surface area contributed by atoms with Crippen molar-refractivity contribution in [3.63, 3.8) is 0 Å². The van der Waals surface area contributed by atoms with Gasteiger partial charge in [0, 0.05) is 22.8 Å². The minimum absolute atomic E-state index is 0.322. The van der Waals surface area contributed by atoms with Crippen LogP contribution in [-0.2, 0) is 19.1 Å². The molecule has 0 aliphatic carbocycles. The summed E-state index contributed by atoms with van der Waals surface area (Å²) in [6.45, 7) is 0. The van der Waals surface area contributed by atoms with Gasteiger partial charge in [-0.3, -0.25) is 9.79 Å². The van der Waals surface area contributed by atoms with E-state index in [-0.39, 0.29) is 0 Å². The molecule has 2 atom stereocenters. The molecule has 21 heavy (non-hydrogen) atoms. The van der Waals surface area contributed by atoms with Crippen LogP contribution in [0.4, 0.5) is 0 Å². The average molecular weight is 352 g/mol. The van der Waals surface area contributed by atoms with Gasteiger partial charge in [0.2, 0.25) is 0 Å². The number of carbonyl (C=O) groups is 2. The van der Waals surface area contributed by atoms with Crippen LogP contribution in [0.1, 0.15) is 11.5 Å². The highest BCUT2D eigenvalue weighted by molar-refractivity contribution is 9.10. The molecule has 6 heteroatoms. The van der Waals surface area contributed by atoms with Crippen molar-refractivity contribution in [3.8, 4) is 0 Å². The van der Waals surface area contributed by atoms with E-state index in [1.54, 1.807) is 0 Å². The van der Waals surface area contributed by atoms with Crippen LogP contribution in [0.3, 0.4) is 0 Å². The van der Waals surface area contributed by atoms with Crippen molar-refractivity contribution in [1.82, 2.24) is 0 Å². The Hall–Kier alpha value is -1.95. The van der Waals surface area contributed by atoms with E-state index in [9.17, 15) is 9.59 Å². The highest BCUT2D eigenvalue weighted by atomic mass is 79.9. The lowest BCUT2D eigenvalue weighted by Gasteiger charge is -2.27. The number of ether oxygens (including phenoxy) is 2. The summed E-state index contributed by atoms with van der Waals surface area (Å²) in [4.78, 5) is 28.0. The summed E-state index contributed by atoms with van der Waals surface area (Å²) in [5.41, 5.74) is 1.12. The molecule has 0 aromatic heterocycles. The number of aliphatic imine (C=N–C) groups is 1. The average Bonchev–Trinajstić information content (AvgIpc) is 2.53. The van der Waals surface area contributed by atoms with Crippen LogP contribution < -0.4 is 0 Å². The molecular formula is C15H14BrNO4. The zero-order valence-corrected chi connectivity index (χ0v) is 13.2. The number of hydrogen-bond acceptors (Lipinski definition) is 5. The molecule has 0 N–H and O–H groups in total. The predicted molar refractivity (Wildman–Crippen MR) is 81.0 cm³/mol. The molecule has 0 radical (unpaired) electrons. The smallest absolute Gasteiger partial charge is 0.335 e. The molecular weight excluding hydrogens is 338 g/mol. The van der Waals surface area contributed by atoms with E-state index in [2.05, 4.69) is 20.9 Å². The van der Waals surface area contributed by atoms with E-state index < -0.39 is 23.8 Å². The number of methoxy groups -OCH3 is 2. The fourth-order valence-electron chi connectivity index (χ4n) is 2.29. The van der Waals surface area contributed by atoms with Gasteiger partial charge in [-0.25, -0.2) is 4.79 Å². The zero-order chi connectivity index (χ0) is 15.4. The van der Waals surface area contributed by atoms with Gasteiger partial charge >= 0.3 is 11.9 Å². The SMILES string of the molecule is COC(=O)C1=CN=CC(C(=O)OC)[C@@H]1c1ccccc1Br. The van der Waals surface area contributed by atoms with Gasteiger partial charge in [-0.2, -0.15) is 0 Å². The van der Waals surface area contributed by atoms with E-state index in [4.69, 9.17) is 9.47 Å². The van der Waals surface area contributed by atoms with Gasteiger partial charge in [-0.05, 0) is 11.6 Å². The Labute approximate surface area is 130 Å². The number of nitrogens with zero attached hydrogens (tertiary/aromatic N) is 1. The second-order valence-electron chi connectivity index (χ2n) is 4.42. The van der Waals surface area contributed by atoms with Gasteiger partial charge < -0.3 is 9.47 Å². The van der Waals surface area contributed by atoms with Crippen LogP contribution in [-0.4, -0.2) is 32.4 Å². The molecule has 0 fully saturated rings. The van der Waals surface area contributed by atoms with Crippen LogP contribution >= 0.6 is 15.9 Å². The predicted octanol–water partition coefficient (Wildman–Crippen LogP) is 2.46. The summed E-state index contributed by atoms with van der Waals surface area (Å²) < 4.78 is 10.4. The van der Waals surface area contributed by atoms with Gasteiger partial charge in [-0.15, -0.1) is 0 Å². The van der Waals surface area contributed by atoms with E-state index in [1.807, 2.05) is 24.3 Å². The topological polar surface area (TPSA) is 65.0 Å². The first-order chi connectivity index (χ1) is 10.1. The molecule has 5 nitrogen and oxygen atoms in total. The standard InChI is InChI=1S/C15H14BrNO4/c1-20-14(18)10-7-17-8-11(15(19)21-2)13(10)9-5-3-4-6-12(9)16/h3-8,10,13H,1-2H3/t10?,13-/m0/s1. The van der Waals surface area contributed by atoms with E-state index in [0.717, 1.165) is 10.0 Å². The summed E-state index contributed by atoms with van der Waals surface area (Å²) in [5, 5.41) is 0. The lowest BCUT2D eigenvalue weighted by Crippen LogP contribution is -2.31. The minimum atomic E-state index is -0.673. The molecule has 110 valence electrons. The maximum atomic E-state index is 12.0. The Morgan fingerprint density at radius 2 is 1.90 bits per heavy atom. The Balaban J connectivity index is 2.54. The normalized spacial score (nSPS) is 20.6. The van der Waals surface area contributed by atoms with Crippen molar-refractivity contribution in [3.05, 3.63) is 46.1 Å². The number of halogens is 1. The summed E-state index contributed by atoms with van der Waals surface area (Å²) >= 11 is 3.45. The molecule has 1 unspecified atom stereocenters. The Morgan fingerprint density at radius 1 is 1.19 bits per heavy atom. The molecule has 1 aliphatic heterocycles. The van der Waals surface area contributed by atoms with E-state index in [0.29, 0.717) is 5.57 Å². The van der Waals surface area contributed by atoms with Crippen LogP contribution in [0.15, 0.2) is 45.5 Å². The van der Waals surface area contributed by atoms with E-state index >= 15 is 0 Å². The lowest BCUT2D eigenvalue weighted by atomic mass is 9.80. The van der Waals surface area contributed by atoms with Gasteiger partial charge in [0.15, 0.2) is 0 Å². The highest BCUT2D eigenvalue weighted by Crippen LogP contribution is 2.38. The van der Waals surface area contributed by atoms with Crippen LogP contribution in [0.2, 0.25) is 0 Å². The summed E-state index contributed by atoms with van der Waals surface area (Å²) in [6.07, 6.45) is 2.91. The molecule has 2 rings (SSSR count). The quantitative estimate of drug-likeness (QED) is 0.784. The van der Waals surface area contributed by atoms with Crippen LogP contribution in [0.5, 0.6) is 0 Å². The first-order valence-corrected chi connectivity index (χ1v) is 7.03. The maximum Gasteiger partial charge on any atom is 0.335 e. The number of hydrogen-bond donors (Lipinski definition) is 0. The third-order valence-electron chi connectivity index (χ3n) is 3.29. The number of esters is 2. The van der Waals surface area contributed by atoms with Gasteiger partial charge in [0.1, 0.15) is 5.92 Å². The monoisotopic (exact) mass is 351 g/mol. The second-order valence-corrected chi connectivity index (χ2v) is 5.28. The Morgan fingerprint density at radius 3 is 2.52 bits per heavy atom. The first kappa shape index (κ1) is 15.4. The minimum Gasteiger partial charge on any atom is -0.468 e. The fraction of sp³-hybridized carbons (Fsp3) is 0.267. The molecule has 1 aromatic carbocycles. The van der Waals surface area contributed by atoms with Crippen LogP contribution in [0, 0.1) is 5.92 Å². The third-order valence-corrected chi connectivity index (χ3v) is 4.01. The van der Waals surface area contributed by atoms with Gasteiger partial charge in [-0.1, -0.05) is 34.1 Å². The third kappa shape index (κ3) is 3.05. The molecule has 0 spiro atoms. The molecule has 0 saturated carbocycles. The number of rotatable bonds is 3. The molecule has 1 heterocycles. The maximum absolute atomic E-state index is 12.0. The molecule has 0 amide bonds. The molecule has 0 saturated heterocycles. The van der Waals surface area contributed by atoms with Crippen LogP contribution in [0.25, 0.3) is 0 Å². The summed E-state index contributed by atoms with van der Waals surface area (Å²) in [7, 11) is 2.61. The van der Waals surface area contributed by atoms with Gasteiger partial charge in [0.05, 0.1) is 19.8 Å². The Kier molecular flexibility index (Phi) is 4.90. The first-order valence-electron chi connectivity index (χ1n) is 6.24. The summed E-state index contributed by atoms with van der Waals surface area (Å²) in [6, 6.07) is 7.40. The van der Waals surface area contributed by atoms with Crippen molar-refractivity contribution < 1.29 is 19.1 Å². The fourth-order valence-corrected chi connectivity index (χ4v) is 2.83. The Bertz CT molecular complexity index is 624. The number of benzene rings is 1. The lowest BCUT2D eigenvalue weighted by molar-refractivity contribution is -0.143.